The number of methoxy groups -OCH3 is 1. The molecule has 0 aliphatic carbocycles. The first-order chi connectivity index (χ1) is 15.6. The fourth-order valence-electron chi connectivity index (χ4n) is 3.26. The quantitative estimate of drug-likeness (QED) is 0.251. The zero-order valence-corrected chi connectivity index (χ0v) is 19.1. The molecule has 5 nitrogen and oxygen atoms in total. The molecule has 0 unspecified atom stereocenters. The number of aromatic nitrogens is 1. The predicted octanol–water partition coefficient (Wildman–Crippen LogP) is 6.46. The van der Waals surface area contributed by atoms with Gasteiger partial charge >= 0.3 is 0 Å². The Balaban J connectivity index is 1.43. The molecular formula is C26H25N3O2S. The molecule has 0 amide bonds. The summed E-state index contributed by atoms with van der Waals surface area (Å²) < 4.78 is 11.6. The molecule has 6 heteroatoms. The van der Waals surface area contributed by atoms with Gasteiger partial charge in [0.2, 0.25) is 5.13 Å². The number of rotatable bonds is 8. The highest BCUT2D eigenvalue weighted by molar-refractivity contribution is 7.14. The molecule has 0 fully saturated rings. The van der Waals surface area contributed by atoms with Crippen molar-refractivity contribution in [3.8, 4) is 22.8 Å². The highest BCUT2D eigenvalue weighted by atomic mass is 32.1. The highest BCUT2D eigenvalue weighted by Gasteiger charge is 2.08. The van der Waals surface area contributed by atoms with Crippen LogP contribution in [0.15, 0.2) is 77.2 Å². The number of ether oxygens (including phenoxy) is 2. The molecule has 1 N–H and O–H groups in total. The lowest BCUT2D eigenvalue weighted by Crippen LogP contribution is -2.01. The summed E-state index contributed by atoms with van der Waals surface area (Å²) in [7, 11) is 1.67. The Bertz CT molecular complexity index is 1220. The summed E-state index contributed by atoms with van der Waals surface area (Å²) in [6.45, 7) is 4.56. The fraction of sp³-hybridized carbons (Fsp3) is 0.154. The average Bonchev–Trinajstić information content (AvgIpc) is 3.30. The second-order valence-electron chi connectivity index (χ2n) is 7.33. The van der Waals surface area contributed by atoms with E-state index >= 15 is 0 Å². The van der Waals surface area contributed by atoms with Crippen LogP contribution in [-0.4, -0.2) is 18.3 Å². The number of nitrogens with one attached hydrogen (secondary N) is 1. The number of nitrogens with zero attached hydrogens (tertiary/aromatic N) is 2. The number of hydrogen-bond donors (Lipinski definition) is 1. The fourth-order valence-corrected chi connectivity index (χ4v) is 3.92. The Morgan fingerprint density at radius 2 is 1.84 bits per heavy atom. The smallest absolute Gasteiger partial charge is 0.203 e. The maximum Gasteiger partial charge on any atom is 0.203 e. The molecule has 0 saturated heterocycles. The van der Waals surface area contributed by atoms with Crippen LogP contribution in [0.2, 0.25) is 0 Å². The van der Waals surface area contributed by atoms with E-state index in [2.05, 4.69) is 35.4 Å². The average molecular weight is 444 g/mol. The van der Waals surface area contributed by atoms with Gasteiger partial charge in [-0.3, -0.25) is 5.43 Å². The minimum Gasteiger partial charge on any atom is -0.496 e. The minimum absolute atomic E-state index is 0.412. The van der Waals surface area contributed by atoms with Crippen molar-refractivity contribution in [2.24, 2.45) is 5.10 Å². The van der Waals surface area contributed by atoms with Crippen molar-refractivity contribution >= 4 is 22.7 Å². The van der Waals surface area contributed by atoms with Gasteiger partial charge in [0.05, 0.1) is 19.0 Å². The molecule has 0 atom stereocenters. The molecule has 0 bridgehead atoms. The van der Waals surface area contributed by atoms with E-state index in [-0.39, 0.29) is 0 Å². The van der Waals surface area contributed by atoms with Crippen molar-refractivity contribution in [1.82, 2.24) is 4.98 Å². The van der Waals surface area contributed by atoms with Gasteiger partial charge < -0.3 is 9.47 Å². The molecule has 0 aliphatic rings. The molecule has 1 aromatic heterocycles. The van der Waals surface area contributed by atoms with E-state index in [0.717, 1.165) is 44.6 Å². The van der Waals surface area contributed by atoms with E-state index in [0.29, 0.717) is 6.61 Å². The highest BCUT2D eigenvalue weighted by Crippen LogP contribution is 2.26. The largest absolute Gasteiger partial charge is 0.496 e. The maximum atomic E-state index is 6.07. The number of aryl methyl sites for hydroxylation is 1. The Morgan fingerprint density at radius 3 is 2.66 bits per heavy atom. The third-order valence-electron chi connectivity index (χ3n) is 5.19. The predicted molar refractivity (Wildman–Crippen MR) is 132 cm³/mol. The molecule has 0 saturated carbocycles. The molecule has 3 aromatic carbocycles. The van der Waals surface area contributed by atoms with Crippen molar-refractivity contribution in [2.45, 2.75) is 20.5 Å². The SMILES string of the molecule is COc1ccc(C=NNc2nc(-c3ccccc3)cs2)cc1COc1cccc(C)c1C. The molecule has 0 spiro atoms. The van der Waals surface area contributed by atoms with Gasteiger partial charge in [0, 0.05) is 16.5 Å². The first kappa shape index (κ1) is 21.6. The van der Waals surface area contributed by atoms with E-state index < -0.39 is 0 Å². The van der Waals surface area contributed by atoms with Crippen molar-refractivity contribution in [3.63, 3.8) is 0 Å². The van der Waals surface area contributed by atoms with E-state index in [1.54, 1.807) is 13.3 Å². The van der Waals surface area contributed by atoms with Crippen LogP contribution >= 0.6 is 11.3 Å². The second kappa shape index (κ2) is 10.1. The Hall–Kier alpha value is -3.64. The van der Waals surface area contributed by atoms with Crippen molar-refractivity contribution in [3.05, 3.63) is 94.4 Å². The Labute approximate surface area is 192 Å². The number of thiazole rings is 1. The molecule has 0 radical (unpaired) electrons. The minimum atomic E-state index is 0.412. The molecular weight excluding hydrogens is 418 g/mol. The monoisotopic (exact) mass is 443 g/mol. The van der Waals surface area contributed by atoms with Crippen LogP contribution in [0, 0.1) is 13.8 Å². The molecule has 32 heavy (non-hydrogen) atoms. The van der Waals surface area contributed by atoms with Gasteiger partial charge in [-0.05, 0) is 54.8 Å². The summed E-state index contributed by atoms with van der Waals surface area (Å²) in [6.07, 6.45) is 1.77. The van der Waals surface area contributed by atoms with E-state index in [1.165, 1.54) is 16.9 Å². The van der Waals surface area contributed by atoms with Gasteiger partial charge in [0.15, 0.2) is 0 Å². The van der Waals surface area contributed by atoms with Gasteiger partial charge in [0.25, 0.3) is 0 Å². The number of anilines is 1. The number of benzene rings is 3. The maximum absolute atomic E-state index is 6.07. The van der Waals surface area contributed by atoms with Crippen LogP contribution in [0.3, 0.4) is 0 Å². The summed E-state index contributed by atoms with van der Waals surface area (Å²) >= 11 is 1.52. The molecule has 1 heterocycles. The number of hydrogen-bond acceptors (Lipinski definition) is 6. The van der Waals surface area contributed by atoms with Crippen LogP contribution in [0.1, 0.15) is 22.3 Å². The Kier molecular flexibility index (Phi) is 6.82. The standard InChI is InChI=1S/C26H25N3O2S/c1-18-8-7-11-24(19(18)2)31-16-22-14-20(12-13-25(22)30-3)15-27-29-26-28-23(17-32-26)21-9-5-4-6-10-21/h4-15,17H,16H2,1-3H3,(H,28,29). The van der Waals surface area contributed by atoms with Gasteiger partial charge in [-0.15, -0.1) is 11.3 Å². The Morgan fingerprint density at radius 1 is 1.00 bits per heavy atom. The number of hydrazone groups is 1. The van der Waals surface area contributed by atoms with Gasteiger partial charge in [-0.1, -0.05) is 42.5 Å². The summed E-state index contributed by atoms with van der Waals surface area (Å²) in [5.41, 5.74) is 9.29. The zero-order chi connectivity index (χ0) is 22.3. The van der Waals surface area contributed by atoms with Crippen LogP contribution in [0.4, 0.5) is 5.13 Å². The van der Waals surface area contributed by atoms with Crippen LogP contribution in [-0.2, 0) is 6.61 Å². The van der Waals surface area contributed by atoms with Crippen LogP contribution < -0.4 is 14.9 Å². The summed E-state index contributed by atoms with van der Waals surface area (Å²) in [6, 6.07) is 22.1. The third-order valence-corrected chi connectivity index (χ3v) is 5.94. The van der Waals surface area contributed by atoms with Crippen molar-refractivity contribution in [1.29, 1.82) is 0 Å². The second-order valence-corrected chi connectivity index (χ2v) is 8.19. The van der Waals surface area contributed by atoms with Crippen molar-refractivity contribution < 1.29 is 9.47 Å². The molecule has 4 rings (SSSR count). The van der Waals surface area contributed by atoms with E-state index in [4.69, 9.17) is 9.47 Å². The third kappa shape index (κ3) is 5.15. The lowest BCUT2D eigenvalue weighted by atomic mass is 10.1. The first-order valence-corrected chi connectivity index (χ1v) is 11.2. The summed E-state index contributed by atoms with van der Waals surface area (Å²) in [5.74, 6) is 1.67. The summed E-state index contributed by atoms with van der Waals surface area (Å²) in [5, 5.41) is 7.11. The van der Waals surface area contributed by atoms with Crippen LogP contribution in [0.25, 0.3) is 11.3 Å². The van der Waals surface area contributed by atoms with Gasteiger partial charge in [-0.2, -0.15) is 5.10 Å². The van der Waals surface area contributed by atoms with E-state index in [1.807, 2.05) is 66.0 Å². The topological polar surface area (TPSA) is 55.7 Å². The van der Waals surface area contributed by atoms with Gasteiger partial charge in [-0.25, -0.2) is 4.98 Å². The zero-order valence-electron chi connectivity index (χ0n) is 18.3. The summed E-state index contributed by atoms with van der Waals surface area (Å²) in [4.78, 5) is 4.59. The lowest BCUT2D eigenvalue weighted by molar-refractivity contribution is 0.294. The van der Waals surface area contributed by atoms with Crippen molar-refractivity contribution in [2.75, 3.05) is 12.5 Å². The molecule has 4 aromatic rings. The van der Waals surface area contributed by atoms with Gasteiger partial charge in [0.1, 0.15) is 18.1 Å². The first-order valence-electron chi connectivity index (χ1n) is 10.3. The molecule has 0 aliphatic heterocycles. The molecule has 162 valence electrons. The van der Waals surface area contributed by atoms with Crippen LogP contribution in [0.5, 0.6) is 11.5 Å². The normalized spacial score (nSPS) is 11.0. The lowest BCUT2D eigenvalue weighted by Gasteiger charge is -2.13. The van der Waals surface area contributed by atoms with E-state index in [9.17, 15) is 0 Å².